The minimum absolute atomic E-state index is 0. The largest absolute Gasteiger partial charge is 0.497 e. The molecule has 1 aliphatic rings. The number of amides is 1. The molecule has 184 valence electrons. The van der Waals surface area contributed by atoms with E-state index in [0.29, 0.717) is 6.04 Å². The van der Waals surface area contributed by atoms with Gasteiger partial charge in [0.15, 0.2) is 0 Å². The number of hydrogen-bond acceptors (Lipinski definition) is 4. The summed E-state index contributed by atoms with van der Waals surface area (Å²) in [6.45, 7) is 14.1. The maximum absolute atomic E-state index is 12.8. The van der Waals surface area contributed by atoms with E-state index in [-0.39, 0.29) is 42.3 Å². The van der Waals surface area contributed by atoms with Gasteiger partial charge in [-0.1, -0.05) is 24.3 Å². The first kappa shape index (κ1) is 29.2. The van der Waals surface area contributed by atoms with E-state index < -0.39 is 0 Å². The van der Waals surface area contributed by atoms with Crippen LogP contribution < -0.4 is 10.1 Å². The molecule has 1 N–H and O–H groups in total. The minimum atomic E-state index is -0.0179. The number of carbonyl (C=O) groups excluding carboxylic acids is 1. The second-order valence-corrected chi connectivity index (χ2v) is 9.03. The third-order valence-electron chi connectivity index (χ3n) is 6.38. The minimum Gasteiger partial charge on any atom is -0.497 e. The summed E-state index contributed by atoms with van der Waals surface area (Å²) in [7, 11) is 1.71. The first-order valence-electron chi connectivity index (χ1n) is 11.3. The highest BCUT2D eigenvalue weighted by Gasteiger charge is 2.38. The summed E-state index contributed by atoms with van der Waals surface area (Å²) in [5.41, 5.74) is 3.11. The molecule has 2 aromatic carbocycles. The number of methoxy groups -OCH3 is 1. The molecule has 2 unspecified atom stereocenters. The molecule has 0 saturated carbocycles. The zero-order chi connectivity index (χ0) is 22.6. The molecule has 1 heterocycles. The molecule has 7 heteroatoms. The van der Waals surface area contributed by atoms with E-state index in [2.05, 4.69) is 61.3 Å². The monoisotopic (exact) mass is 495 g/mol. The fraction of sp³-hybridized carbons (Fsp3) is 0.500. The Labute approximate surface area is 211 Å². The summed E-state index contributed by atoms with van der Waals surface area (Å²) < 4.78 is 5.52. The van der Waals surface area contributed by atoms with Crippen molar-refractivity contribution in [1.29, 1.82) is 0 Å². The molecule has 1 saturated heterocycles. The predicted molar refractivity (Wildman–Crippen MR) is 141 cm³/mol. The van der Waals surface area contributed by atoms with Crippen LogP contribution in [-0.2, 0) is 0 Å². The van der Waals surface area contributed by atoms with Crippen molar-refractivity contribution in [2.24, 2.45) is 0 Å². The molecular weight excluding hydrogens is 457 g/mol. The van der Waals surface area contributed by atoms with Crippen LogP contribution >= 0.6 is 24.8 Å². The van der Waals surface area contributed by atoms with E-state index in [0.717, 1.165) is 37.5 Å². The predicted octanol–water partition coefficient (Wildman–Crippen LogP) is 5.18. The standard InChI is InChI=1S/C26H37N3O2.2ClH/c1-7-28(8-2)25(30)21-14-12-20(13-15-21)24(22-10-9-11-23(16-22)31-6)29-17-19(3)27-18-26(29,4)5;;/h9-16,19,24,27H,7-8,17-18H2,1-6H3;2*1H. The van der Waals surface area contributed by atoms with Crippen LogP contribution in [0.25, 0.3) is 0 Å². The summed E-state index contributed by atoms with van der Waals surface area (Å²) >= 11 is 0. The highest BCUT2D eigenvalue weighted by atomic mass is 35.5. The van der Waals surface area contributed by atoms with Crippen molar-refractivity contribution in [2.75, 3.05) is 33.3 Å². The number of halogens is 2. The van der Waals surface area contributed by atoms with Gasteiger partial charge < -0.3 is 15.0 Å². The van der Waals surface area contributed by atoms with Gasteiger partial charge in [0.25, 0.3) is 5.91 Å². The molecule has 2 aromatic rings. The van der Waals surface area contributed by atoms with Crippen LogP contribution in [0.5, 0.6) is 5.75 Å². The number of nitrogens with zero attached hydrogens (tertiary/aromatic N) is 2. The van der Waals surface area contributed by atoms with Gasteiger partial charge in [-0.2, -0.15) is 0 Å². The molecule has 2 atom stereocenters. The number of ether oxygens (including phenoxy) is 1. The van der Waals surface area contributed by atoms with Crippen molar-refractivity contribution in [3.05, 3.63) is 65.2 Å². The number of benzene rings is 2. The molecule has 0 aromatic heterocycles. The Kier molecular flexibility index (Phi) is 11.2. The van der Waals surface area contributed by atoms with Crippen molar-refractivity contribution in [3.63, 3.8) is 0 Å². The van der Waals surface area contributed by atoms with Crippen LogP contribution in [0, 0.1) is 0 Å². The Morgan fingerprint density at radius 3 is 2.33 bits per heavy atom. The van der Waals surface area contributed by atoms with Crippen LogP contribution in [0.15, 0.2) is 48.5 Å². The number of hydrogen-bond donors (Lipinski definition) is 1. The maximum atomic E-state index is 12.8. The lowest BCUT2D eigenvalue weighted by molar-refractivity contribution is 0.0417. The molecular formula is C26H39Cl2N3O2. The van der Waals surface area contributed by atoms with E-state index in [4.69, 9.17) is 4.74 Å². The molecule has 1 aliphatic heterocycles. The van der Waals surface area contributed by atoms with Crippen molar-refractivity contribution in [1.82, 2.24) is 15.1 Å². The summed E-state index contributed by atoms with van der Waals surface area (Å²) in [4.78, 5) is 17.2. The Morgan fingerprint density at radius 2 is 1.76 bits per heavy atom. The second kappa shape index (κ2) is 12.6. The van der Waals surface area contributed by atoms with Crippen LogP contribution in [0.2, 0.25) is 0 Å². The lowest BCUT2D eigenvalue weighted by atomic mass is 9.88. The first-order chi connectivity index (χ1) is 14.8. The van der Waals surface area contributed by atoms with Crippen molar-refractivity contribution >= 4 is 30.7 Å². The quantitative estimate of drug-likeness (QED) is 0.574. The van der Waals surface area contributed by atoms with Gasteiger partial charge in [0.1, 0.15) is 5.75 Å². The fourth-order valence-corrected chi connectivity index (χ4v) is 4.45. The molecule has 33 heavy (non-hydrogen) atoms. The second-order valence-electron chi connectivity index (χ2n) is 9.03. The molecule has 3 rings (SSSR count). The third kappa shape index (κ3) is 6.63. The van der Waals surface area contributed by atoms with Gasteiger partial charge in [-0.3, -0.25) is 9.69 Å². The molecule has 1 fully saturated rings. The van der Waals surface area contributed by atoms with Gasteiger partial charge in [0.2, 0.25) is 0 Å². The Balaban J connectivity index is 0.00000272. The van der Waals surface area contributed by atoms with Crippen molar-refractivity contribution < 1.29 is 9.53 Å². The average molecular weight is 497 g/mol. The summed E-state index contributed by atoms with van der Waals surface area (Å²) in [5.74, 6) is 0.947. The third-order valence-corrected chi connectivity index (χ3v) is 6.38. The molecule has 0 spiro atoms. The van der Waals surface area contributed by atoms with Crippen LogP contribution in [0.4, 0.5) is 0 Å². The van der Waals surface area contributed by atoms with E-state index in [1.165, 1.54) is 11.1 Å². The van der Waals surface area contributed by atoms with Crippen molar-refractivity contribution in [3.8, 4) is 5.75 Å². The summed E-state index contributed by atoms with van der Waals surface area (Å²) in [5, 5.41) is 3.62. The summed E-state index contributed by atoms with van der Waals surface area (Å²) in [6.07, 6.45) is 0. The molecule has 1 amide bonds. The molecule has 5 nitrogen and oxygen atoms in total. The lowest BCUT2D eigenvalue weighted by Crippen LogP contribution is -2.62. The number of nitrogens with one attached hydrogen (secondary N) is 1. The highest BCUT2D eigenvalue weighted by Crippen LogP contribution is 2.37. The normalized spacial score (nSPS) is 18.4. The molecule has 0 aliphatic carbocycles. The molecule has 0 radical (unpaired) electrons. The fourth-order valence-electron chi connectivity index (χ4n) is 4.45. The Hall–Kier alpha value is -1.79. The maximum Gasteiger partial charge on any atom is 0.253 e. The van der Waals surface area contributed by atoms with E-state index >= 15 is 0 Å². The van der Waals surface area contributed by atoms with Gasteiger partial charge in [-0.15, -0.1) is 24.8 Å². The zero-order valence-electron chi connectivity index (χ0n) is 20.6. The average Bonchev–Trinajstić information content (AvgIpc) is 2.78. The van der Waals surface area contributed by atoms with Gasteiger partial charge in [-0.25, -0.2) is 0 Å². The SMILES string of the molecule is CCN(CC)C(=O)c1ccc(C(c2cccc(OC)c2)N2CC(C)NCC2(C)C)cc1.Cl.Cl. The lowest BCUT2D eigenvalue weighted by Gasteiger charge is -2.49. The highest BCUT2D eigenvalue weighted by molar-refractivity contribution is 5.94. The number of piperazine rings is 1. The van der Waals surface area contributed by atoms with E-state index in [9.17, 15) is 4.79 Å². The Morgan fingerprint density at radius 1 is 1.12 bits per heavy atom. The van der Waals surface area contributed by atoms with Gasteiger partial charge in [-0.05, 0) is 70.0 Å². The number of rotatable bonds is 7. The van der Waals surface area contributed by atoms with Gasteiger partial charge in [0, 0.05) is 43.3 Å². The van der Waals surface area contributed by atoms with E-state index in [1.807, 2.05) is 36.9 Å². The van der Waals surface area contributed by atoms with Crippen molar-refractivity contribution in [2.45, 2.75) is 52.2 Å². The zero-order valence-corrected chi connectivity index (χ0v) is 22.3. The summed E-state index contributed by atoms with van der Waals surface area (Å²) in [6, 6.07) is 17.0. The topological polar surface area (TPSA) is 44.8 Å². The Bertz CT molecular complexity index is 885. The van der Waals surface area contributed by atoms with Gasteiger partial charge in [0.05, 0.1) is 13.2 Å². The first-order valence-corrected chi connectivity index (χ1v) is 11.3. The van der Waals surface area contributed by atoms with Gasteiger partial charge >= 0.3 is 0 Å². The van der Waals surface area contributed by atoms with Crippen LogP contribution in [0.1, 0.15) is 62.1 Å². The van der Waals surface area contributed by atoms with Crippen LogP contribution in [0.3, 0.4) is 0 Å². The van der Waals surface area contributed by atoms with E-state index in [1.54, 1.807) is 7.11 Å². The number of carbonyl (C=O) groups is 1. The van der Waals surface area contributed by atoms with Crippen LogP contribution in [-0.4, -0.2) is 60.6 Å². The molecule has 0 bridgehead atoms. The smallest absolute Gasteiger partial charge is 0.253 e.